The lowest BCUT2D eigenvalue weighted by Gasteiger charge is -2.28. The Hall–Kier alpha value is -2.46. The zero-order valence-electron chi connectivity index (χ0n) is 22.5. The Morgan fingerprint density at radius 1 is 0.919 bits per heavy atom. The molecule has 10 nitrogen and oxygen atoms in total. The average Bonchev–Trinajstić information content (AvgIpc) is 2.92. The smallest absolute Gasteiger partial charge is 0.294 e. The summed E-state index contributed by atoms with van der Waals surface area (Å²) in [6.07, 6.45) is 18.7. The van der Waals surface area contributed by atoms with Gasteiger partial charge in [0.25, 0.3) is 11.0 Å². The van der Waals surface area contributed by atoms with Crippen molar-refractivity contribution in [2.45, 2.75) is 96.3 Å². The summed E-state index contributed by atoms with van der Waals surface area (Å²) in [4.78, 5) is 33.4. The van der Waals surface area contributed by atoms with Crippen LogP contribution in [0.4, 0.5) is 5.82 Å². The van der Waals surface area contributed by atoms with Crippen molar-refractivity contribution in [1.29, 1.82) is 0 Å². The van der Waals surface area contributed by atoms with E-state index in [4.69, 9.17) is 0 Å². The molecule has 1 aliphatic heterocycles. The minimum absolute atomic E-state index is 0.219. The minimum atomic E-state index is -0.720. The first-order valence-electron chi connectivity index (χ1n) is 14.3. The topological polar surface area (TPSA) is 121 Å². The Labute approximate surface area is 221 Å². The first kappa shape index (κ1) is 30.8. The SMILES string of the molecule is O=C(c1ccc(N2CCNCC2)nc1)N(O)CCCCCCCCCCCCCCCCCO[N+](=O)[O-]. The van der Waals surface area contributed by atoms with Crippen molar-refractivity contribution in [3.63, 3.8) is 0 Å². The van der Waals surface area contributed by atoms with Gasteiger partial charge in [0.1, 0.15) is 5.82 Å². The highest BCUT2D eigenvalue weighted by Gasteiger charge is 2.16. The van der Waals surface area contributed by atoms with Crippen LogP contribution >= 0.6 is 0 Å². The van der Waals surface area contributed by atoms with Gasteiger partial charge in [0.2, 0.25) is 0 Å². The van der Waals surface area contributed by atoms with Crippen LogP contribution < -0.4 is 10.2 Å². The first-order chi connectivity index (χ1) is 18.1. The zero-order chi connectivity index (χ0) is 26.6. The van der Waals surface area contributed by atoms with Gasteiger partial charge in [-0.2, -0.15) is 0 Å². The third-order valence-electron chi connectivity index (χ3n) is 6.88. The number of hydrogen-bond acceptors (Lipinski definition) is 8. The molecule has 1 aromatic rings. The number of piperazine rings is 1. The van der Waals surface area contributed by atoms with E-state index in [0.29, 0.717) is 12.1 Å². The maximum atomic E-state index is 12.4. The van der Waals surface area contributed by atoms with Gasteiger partial charge in [0, 0.05) is 38.9 Å². The van der Waals surface area contributed by atoms with E-state index in [-0.39, 0.29) is 12.5 Å². The number of rotatable bonds is 21. The fourth-order valence-corrected chi connectivity index (χ4v) is 4.64. The highest BCUT2D eigenvalue weighted by atomic mass is 16.9. The lowest BCUT2D eigenvalue weighted by Crippen LogP contribution is -2.43. The normalized spacial score (nSPS) is 13.5. The molecule has 0 bridgehead atoms. The molecule has 0 unspecified atom stereocenters. The summed E-state index contributed by atoms with van der Waals surface area (Å²) in [6, 6.07) is 3.60. The monoisotopic (exact) mass is 521 g/mol. The number of aromatic nitrogens is 1. The van der Waals surface area contributed by atoms with E-state index in [2.05, 4.69) is 20.0 Å². The molecule has 210 valence electrons. The molecule has 1 amide bonds. The van der Waals surface area contributed by atoms with E-state index in [1.165, 1.54) is 57.8 Å². The summed E-state index contributed by atoms with van der Waals surface area (Å²) in [7, 11) is 0. The average molecular weight is 522 g/mol. The van der Waals surface area contributed by atoms with Crippen molar-refractivity contribution in [3.8, 4) is 0 Å². The second-order valence-corrected chi connectivity index (χ2v) is 9.93. The third kappa shape index (κ3) is 14.2. The van der Waals surface area contributed by atoms with Gasteiger partial charge in [-0.15, -0.1) is 10.1 Å². The van der Waals surface area contributed by atoms with E-state index < -0.39 is 5.09 Å². The summed E-state index contributed by atoms with van der Waals surface area (Å²) >= 11 is 0. The van der Waals surface area contributed by atoms with Gasteiger partial charge >= 0.3 is 0 Å². The largest absolute Gasteiger partial charge is 0.354 e. The highest BCUT2D eigenvalue weighted by molar-refractivity contribution is 5.93. The Bertz CT molecular complexity index is 743. The number of nitrogens with one attached hydrogen (secondary N) is 1. The summed E-state index contributed by atoms with van der Waals surface area (Å²) in [5.74, 6) is 0.483. The highest BCUT2D eigenvalue weighted by Crippen LogP contribution is 2.15. The quantitative estimate of drug-likeness (QED) is 0.0957. The number of unbranched alkanes of at least 4 members (excludes halogenated alkanes) is 14. The van der Waals surface area contributed by atoms with Crippen LogP contribution in [-0.4, -0.2) is 65.6 Å². The van der Waals surface area contributed by atoms with Crippen molar-refractivity contribution in [2.24, 2.45) is 0 Å². The predicted octanol–water partition coefficient (Wildman–Crippen LogP) is 5.38. The van der Waals surface area contributed by atoms with Crippen LogP contribution in [0.25, 0.3) is 0 Å². The Morgan fingerprint density at radius 2 is 1.43 bits per heavy atom. The van der Waals surface area contributed by atoms with E-state index in [1.54, 1.807) is 12.3 Å². The summed E-state index contributed by atoms with van der Waals surface area (Å²) in [5, 5.41) is 23.6. The number of amides is 1. The van der Waals surface area contributed by atoms with Crippen molar-refractivity contribution >= 4 is 11.7 Å². The van der Waals surface area contributed by atoms with Crippen molar-refractivity contribution in [3.05, 3.63) is 34.0 Å². The van der Waals surface area contributed by atoms with Gasteiger partial charge in [0.15, 0.2) is 0 Å². The van der Waals surface area contributed by atoms with Gasteiger partial charge < -0.3 is 15.1 Å². The fourth-order valence-electron chi connectivity index (χ4n) is 4.64. The van der Waals surface area contributed by atoms with Gasteiger partial charge in [-0.3, -0.25) is 10.0 Å². The molecule has 2 N–H and O–H groups in total. The van der Waals surface area contributed by atoms with Crippen LogP contribution in [0.15, 0.2) is 18.3 Å². The molecule has 1 aromatic heterocycles. The summed E-state index contributed by atoms with van der Waals surface area (Å²) < 4.78 is 0. The van der Waals surface area contributed by atoms with Crippen LogP contribution in [0.1, 0.15) is 107 Å². The van der Waals surface area contributed by atoms with E-state index >= 15 is 0 Å². The second-order valence-electron chi connectivity index (χ2n) is 9.93. The molecule has 10 heteroatoms. The molecule has 2 rings (SSSR count). The number of hydrogen-bond donors (Lipinski definition) is 2. The molecule has 0 atom stereocenters. The Morgan fingerprint density at radius 3 is 1.92 bits per heavy atom. The maximum Gasteiger partial charge on any atom is 0.294 e. The van der Waals surface area contributed by atoms with E-state index in [9.17, 15) is 20.1 Å². The molecular weight excluding hydrogens is 474 g/mol. The van der Waals surface area contributed by atoms with Crippen LogP contribution in [0, 0.1) is 10.1 Å². The number of carbonyl (C=O) groups excluding carboxylic acids is 1. The molecule has 0 saturated carbocycles. The number of hydroxylamine groups is 2. The van der Waals surface area contributed by atoms with Gasteiger partial charge in [-0.25, -0.2) is 10.0 Å². The standard InChI is InChI=1S/C27H47N5O5/c33-27(25-16-17-26(29-24-25)30-21-18-28-19-22-30)31(34)20-14-12-10-8-6-4-2-1-3-5-7-9-11-13-15-23-37-32(35)36/h16-17,24,28,34H,1-15,18-23H2. The maximum absolute atomic E-state index is 12.4. The lowest BCUT2D eigenvalue weighted by atomic mass is 10.0. The minimum Gasteiger partial charge on any atom is -0.354 e. The molecule has 1 saturated heterocycles. The molecule has 1 aliphatic rings. The number of carbonyl (C=O) groups is 1. The molecule has 0 aliphatic carbocycles. The lowest BCUT2D eigenvalue weighted by molar-refractivity contribution is -0.757. The molecule has 2 heterocycles. The summed E-state index contributed by atoms with van der Waals surface area (Å²) in [6.45, 7) is 4.25. The van der Waals surface area contributed by atoms with Crippen molar-refractivity contribution < 1.29 is 19.9 Å². The van der Waals surface area contributed by atoms with E-state index in [1.807, 2.05) is 6.07 Å². The molecule has 0 spiro atoms. The Balaban J connectivity index is 1.37. The van der Waals surface area contributed by atoms with Crippen molar-refractivity contribution in [2.75, 3.05) is 44.2 Å². The molecule has 37 heavy (non-hydrogen) atoms. The molecule has 0 radical (unpaired) electrons. The van der Waals surface area contributed by atoms with Crippen LogP contribution in [-0.2, 0) is 4.84 Å². The van der Waals surface area contributed by atoms with Crippen LogP contribution in [0.3, 0.4) is 0 Å². The van der Waals surface area contributed by atoms with Gasteiger partial charge in [0.05, 0.1) is 12.2 Å². The third-order valence-corrected chi connectivity index (χ3v) is 6.88. The van der Waals surface area contributed by atoms with Crippen LogP contribution in [0.2, 0.25) is 0 Å². The molecular formula is C27H47N5O5. The number of anilines is 1. The molecule has 0 aromatic carbocycles. The summed E-state index contributed by atoms with van der Waals surface area (Å²) in [5.41, 5.74) is 0.418. The Kier molecular flexibility index (Phi) is 16.3. The number of nitrogens with zero attached hydrogens (tertiary/aromatic N) is 4. The fraction of sp³-hybridized carbons (Fsp3) is 0.778. The van der Waals surface area contributed by atoms with Crippen molar-refractivity contribution in [1.82, 2.24) is 15.4 Å². The first-order valence-corrected chi connectivity index (χ1v) is 14.3. The van der Waals surface area contributed by atoms with Gasteiger partial charge in [-0.05, 0) is 25.0 Å². The molecule has 1 fully saturated rings. The van der Waals surface area contributed by atoms with Crippen LogP contribution in [0.5, 0.6) is 0 Å². The van der Waals surface area contributed by atoms with Gasteiger partial charge in [-0.1, -0.05) is 83.5 Å². The predicted molar refractivity (Wildman–Crippen MR) is 144 cm³/mol. The number of pyridine rings is 1. The zero-order valence-corrected chi connectivity index (χ0v) is 22.5. The second kappa shape index (κ2) is 19.6. The van der Waals surface area contributed by atoms with E-state index in [0.717, 1.165) is 75.6 Å².